The van der Waals surface area contributed by atoms with E-state index in [0.29, 0.717) is 31.3 Å². The minimum atomic E-state index is -3.51. The highest BCUT2D eigenvalue weighted by molar-refractivity contribution is 7.99. The third-order valence-corrected chi connectivity index (χ3v) is 7.27. The molecule has 2 aromatic rings. The Hall–Kier alpha value is -1.12. The van der Waals surface area contributed by atoms with Crippen molar-refractivity contribution in [2.24, 2.45) is 0 Å². The lowest BCUT2D eigenvalue weighted by atomic mass is 10.2. The van der Waals surface area contributed by atoms with E-state index in [1.165, 1.54) is 10.5 Å². The summed E-state index contributed by atoms with van der Waals surface area (Å²) in [5.74, 6) is 0. The average molecular weight is 399 g/mol. The highest BCUT2D eigenvalue weighted by Gasteiger charge is 2.26. The van der Waals surface area contributed by atoms with Crippen LogP contribution >= 0.6 is 23.4 Å². The van der Waals surface area contributed by atoms with Gasteiger partial charge in [0.2, 0.25) is 10.0 Å². The van der Waals surface area contributed by atoms with E-state index in [1.807, 2.05) is 31.2 Å². The number of hydrogen-bond donors (Lipinski definition) is 0. The summed E-state index contributed by atoms with van der Waals surface area (Å²) in [7, 11) is -3.51. The van der Waals surface area contributed by atoms with Crippen molar-refractivity contribution in [3.05, 3.63) is 53.2 Å². The van der Waals surface area contributed by atoms with Gasteiger partial charge >= 0.3 is 0 Å². The van der Waals surface area contributed by atoms with Crippen LogP contribution in [0.4, 0.5) is 0 Å². The zero-order chi connectivity index (χ0) is 17.9. The molecule has 1 aromatic heterocycles. The number of halogens is 1. The molecule has 0 bridgehead atoms. The van der Waals surface area contributed by atoms with Gasteiger partial charge in [-0.25, -0.2) is 13.4 Å². The maximum absolute atomic E-state index is 12.6. The Bertz CT molecular complexity index is 822. The van der Waals surface area contributed by atoms with E-state index in [4.69, 9.17) is 16.3 Å². The smallest absolute Gasteiger partial charge is 0.244 e. The minimum absolute atomic E-state index is 0.114. The molecule has 0 radical (unpaired) electrons. The molecule has 134 valence electrons. The highest BCUT2D eigenvalue weighted by Crippen LogP contribution is 2.37. The molecule has 1 atom stereocenters. The molecule has 8 heteroatoms. The van der Waals surface area contributed by atoms with E-state index in [1.54, 1.807) is 23.9 Å². The van der Waals surface area contributed by atoms with Gasteiger partial charge in [0.15, 0.2) is 0 Å². The van der Waals surface area contributed by atoms with Gasteiger partial charge in [-0.1, -0.05) is 41.6 Å². The summed E-state index contributed by atoms with van der Waals surface area (Å²) < 4.78 is 31.8. The van der Waals surface area contributed by atoms with Crippen LogP contribution in [0.5, 0.6) is 0 Å². The SMILES string of the molecule is C[C@H](Sc1ccc(S(=O)(=O)N2CCOCC2)cn1)c1ccccc1Cl. The monoisotopic (exact) mass is 398 g/mol. The fourth-order valence-electron chi connectivity index (χ4n) is 2.57. The zero-order valence-electron chi connectivity index (χ0n) is 13.8. The molecule has 0 amide bonds. The molecule has 2 heterocycles. The molecule has 0 saturated carbocycles. The molecule has 0 aliphatic carbocycles. The number of thioether (sulfide) groups is 1. The predicted molar refractivity (Wildman–Crippen MR) is 99.5 cm³/mol. The Morgan fingerprint density at radius 2 is 1.92 bits per heavy atom. The van der Waals surface area contributed by atoms with E-state index in [0.717, 1.165) is 10.6 Å². The van der Waals surface area contributed by atoms with Crippen LogP contribution in [0.2, 0.25) is 5.02 Å². The molecule has 1 aromatic carbocycles. The molecule has 1 saturated heterocycles. The molecular weight excluding hydrogens is 380 g/mol. The molecule has 1 aliphatic heterocycles. The maximum atomic E-state index is 12.6. The maximum Gasteiger partial charge on any atom is 0.244 e. The Balaban J connectivity index is 1.73. The van der Waals surface area contributed by atoms with Crippen LogP contribution in [0.1, 0.15) is 17.7 Å². The van der Waals surface area contributed by atoms with E-state index >= 15 is 0 Å². The molecule has 25 heavy (non-hydrogen) atoms. The van der Waals surface area contributed by atoms with E-state index < -0.39 is 10.0 Å². The Morgan fingerprint density at radius 1 is 1.20 bits per heavy atom. The third-order valence-electron chi connectivity index (χ3n) is 3.96. The number of pyridine rings is 1. The first kappa shape index (κ1) is 18.7. The number of sulfonamides is 1. The van der Waals surface area contributed by atoms with Gasteiger partial charge in [-0.05, 0) is 30.7 Å². The standard InChI is InChI=1S/C17H19ClN2O3S2/c1-13(15-4-2-3-5-16(15)18)24-17-7-6-14(12-19-17)25(21,22)20-8-10-23-11-9-20/h2-7,12-13H,8-11H2,1H3/t13-/m0/s1. The summed E-state index contributed by atoms with van der Waals surface area (Å²) in [6.07, 6.45) is 1.42. The second-order valence-electron chi connectivity index (χ2n) is 5.63. The topological polar surface area (TPSA) is 59.5 Å². The van der Waals surface area contributed by atoms with Crippen LogP contribution in [0, 0.1) is 0 Å². The van der Waals surface area contributed by atoms with Crippen LogP contribution in [-0.4, -0.2) is 44.0 Å². The molecule has 0 spiro atoms. The number of morpholine rings is 1. The normalized spacial score (nSPS) is 17.4. The van der Waals surface area contributed by atoms with Crippen molar-refractivity contribution in [3.63, 3.8) is 0 Å². The molecule has 1 fully saturated rings. The Labute approximate surface area is 157 Å². The van der Waals surface area contributed by atoms with Crippen molar-refractivity contribution in [1.29, 1.82) is 0 Å². The third kappa shape index (κ3) is 4.35. The first-order valence-corrected chi connectivity index (χ1v) is 10.6. The van der Waals surface area contributed by atoms with Gasteiger partial charge in [-0.3, -0.25) is 0 Å². The summed E-state index contributed by atoms with van der Waals surface area (Å²) >= 11 is 7.77. The van der Waals surface area contributed by atoms with Crippen molar-refractivity contribution in [3.8, 4) is 0 Å². The second kappa shape index (κ2) is 8.05. The van der Waals surface area contributed by atoms with Crippen molar-refractivity contribution in [1.82, 2.24) is 9.29 Å². The zero-order valence-corrected chi connectivity index (χ0v) is 16.1. The van der Waals surface area contributed by atoms with E-state index in [9.17, 15) is 8.42 Å². The summed E-state index contributed by atoms with van der Waals surface area (Å²) in [5.41, 5.74) is 1.03. The predicted octanol–water partition coefficient (Wildman–Crippen LogP) is 3.61. The van der Waals surface area contributed by atoms with Crippen molar-refractivity contribution >= 4 is 33.4 Å². The summed E-state index contributed by atoms with van der Waals surface area (Å²) in [6.45, 7) is 3.66. The van der Waals surface area contributed by atoms with Crippen molar-refractivity contribution in [2.45, 2.75) is 22.1 Å². The first-order chi connectivity index (χ1) is 12.0. The largest absolute Gasteiger partial charge is 0.379 e. The Morgan fingerprint density at radius 3 is 2.56 bits per heavy atom. The van der Waals surface area contributed by atoms with Crippen LogP contribution in [0.3, 0.4) is 0 Å². The number of aromatic nitrogens is 1. The lowest BCUT2D eigenvalue weighted by Crippen LogP contribution is -2.40. The fraction of sp³-hybridized carbons (Fsp3) is 0.353. The minimum Gasteiger partial charge on any atom is -0.379 e. The van der Waals surface area contributed by atoms with Gasteiger partial charge in [0.05, 0.1) is 18.2 Å². The summed E-state index contributed by atoms with van der Waals surface area (Å²) in [4.78, 5) is 4.53. The van der Waals surface area contributed by atoms with Crippen molar-refractivity contribution in [2.75, 3.05) is 26.3 Å². The number of benzene rings is 1. The van der Waals surface area contributed by atoms with Crippen LogP contribution < -0.4 is 0 Å². The van der Waals surface area contributed by atoms with Gasteiger partial charge in [-0.2, -0.15) is 4.31 Å². The molecule has 1 aliphatic rings. The van der Waals surface area contributed by atoms with Crippen LogP contribution in [-0.2, 0) is 14.8 Å². The number of rotatable bonds is 5. The lowest BCUT2D eigenvalue weighted by molar-refractivity contribution is 0.0730. The number of ether oxygens (including phenoxy) is 1. The van der Waals surface area contributed by atoms with Crippen LogP contribution in [0.25, 0.3) is 0 Å². The molecule has 5 nitrogen and oxygen atoms in total. The van der Waals surface area contributed by atoms with Crippen LogP contribution in [0.15, 0.2) is 52.5 Å². The summed E-state index contributed by atoms with van der Waals surface area (Å²) in [6, 6.07) is 11.0. The van der Waals surface area contributed by atoms with E-state index in [-0.39, 0.29) is 10.1 Å². The molecular formula is C17H19ClN2O3S2. The molecule has 0 unspecified atom stereocenters. The number of hydrogen-bond acceptors (Lipinski definition) is 5. The van der Waals surface area contributed by atoms with E-state index in [2.05, 4.69) is 4.98 Å². The average Bonchev–Trinajstić information content (AvgIpc) is 2.63. The summed E-state index contributed by atoms with van der Waals surface area (Å²) in [5, 5.41) is 1.59. The van der Waals surface area contributed by atoms with Gasteiger partial charge in [0.1, 0.15) is 4.90 Å². The number of nitrogens with zero attached hydrogens (tertiary/aromatic N) is 2. The van der Waals surface area contributed by atoms with Gasteiger partial charge in [0, 0.05) is 29.6 Å². The molecule has 3 rings (SSSR count). The highest BCUT2D eigenvalue weighted by atomic mass is 35.5. The van der Waals surface area contributed by atoms with Gasteiger partial charge in [0.25, 0.3) is 0 Å². The first-order valence-electron chi connectivity index (χ1n) is 7.93. The Kier molecular flexibility index (Phi) is 6.01. The molecule has 0 N–H and O–H groups in total. The lowest BCUT2D eigenvalue weighted by Gasteiger charge is -2.25. The quantitative estimate of drug-likeness (QED) is 0.720. The van der Waals surface area contributed by atoms with Crippen molar-refractivity contribution < 1.29 is 13.2 Å². The second-order valence-corrected chi connectivity index (χ2v) is 9.34. The van der Waals surface area contributed by atoms with Gasteiger partial charge in [-0.15, -0.1) is 0 Å². The van der Waals surface area contributed by atoms with Gasteiger partial charge < -0.3 is 4.74 Å². The fourth-order valence-corrected chi connectivity index (χ4v) is 5.25.